The van der Waals surface area contributed by atoms with Crippen molar-refractivity contribution in [2.75, 3.05) is 0 Å². The Morgan fingerprint density at radius 1 is 0.824 bits per heavy atom. The summed E-state index contributed by atoms with van der Waals surface area (Å²) < 4.78 is 28.5. The van der Waals surface area contributed by atoms with Gasteiger partial charge in [0.25, 0.3) is 0 Å². The second-order valence-corrected chi connectivity index (χ2v) is 4.97. The first-order valence-electron chi connectivity index (χ1n) is 3.96. The molecule has 17 heavy (non-hydrogen) atoms. The summed E-state index contributed by atoms with van der Waals surface area (Å²) in [5.41, 5.74) is 0. The first-order valence-corrected chi connectivity index (χ1v) is 7.02. The van der Waals surface area contributed by atoms with E-state index in [2.05, 4.69) is 23.9 Å². The van der Waals surface area contributed by atoms with Crippen LogP contribution >= 0.6 is 15.6 Å². The summed E-state index contributed by atoms with van der Waals surface area (Å²) in [6.07, 6.45) is -2.95. The second kappa shape index (κ2) is 6.88. The molecule has 0 aromatic carbocycles. The van der Waals surface area contributed by atoms with Crippen molar-refractivity contribution < 1.29 is 52.6 Å². The summed E-state index contributed by atoms with van der Waals surface area (Å²) in [7, 11) is -9.47. The van der Waals surface area contributed by atoms with Crippen LogP contribution in [0.3, 0.4) is 0 Å². The van der Waals surface area contributed by atoms with Gasteiger partial charge in [0.15, 0.2) is 0 Å². The fourth-order valence-corrected chi connectivity index (χ4v) is 1.40. The Morgan fingerprint density at radius 3 is 1.35 bits per heavy atom. The van der Waals surface area contributed by atoms with Gasteiger partial charge in [0.2, 0.25) is 12.6 Å². The van der Waals surface area contributed by atoms with Crippen molar-refractivity contribution in [3.63, 3.8) is 0 Å². The molecule has 0 aromatic rings. The van der Waals surface area contributed by atoms with Gasteiger partial charge in [0.1, 0.15) is 0 Å². The molecular formula is C4H12O11P2. The molecule has 104 valence electrons. The molecule has 2 atom stereocenters. The van der Waals surface area contributed by atoms with Gasteiger partial charge in [-0.15, -0.1) is 0 Å². The summed E-state index contributed by atoms with van der Waals surface area (Å²) in [5.74, 6) is 0. The maximum atomic E-state index is 10.3. The van der Waals surface area contributed by atoms with Crippen LogP contribution in [-0.2, 0) is 33.0 Å². The van der Waals surface area contributed by atoms with E-state index in [1.165, 1.54) is 0 Å². The van der Waals surface area contributed by atoms with E-state index in [4.69, 9.17) is 19.6 Å². The number of rotatable bonds is 8. The van der Waals surface area contributed by atoms with Crippen molar-refractivity contribution in [2.24, 2.45) is 0 Å². The summed E-state index contributed by atoms with van der Waals surface area (Å²) in [4.78, 5) is 41.6. The minimum absolute atomic E-state index is 1.08. The summed E-state index contributed by atoms with van der Waals surface area (Å²) in [5, 5.41) is 3.91. The zero-order valence-electron chi connectivity index (χ0n) is 8.70. The van der Waals surface area contributed by atoms with Crippen molar-refractivity contribution in [2.45, 2.75) is 26.4 Å². The average Bonchev–Trinajstić information content (AvgIpc) is 1.95. The highest BCUT2D eigenvalue weighted by atomic mass is 31.2. The number of phosphoric acid groups is 2. The van der Waals surface area contributed by atoms with Gasteiger partial charge in [-0.1, -0.05) is 5.04 Å². The third-order valence-corrected chi connectivity index (χ3v) is 2.06. The minimum atomic E-state index is -4.74. The Balaban J connectivity index is 3.77. The maximum Gasteiger partial charge on any atom is 0.472 e. The van der Waals surface area contributed by atoms with Gasteiger partial charge in [-0.2, -0.15) is 9.78 Å². The summed E-state index contributed by atoms with van der Waals surface area (Å²) in [6.45, 7) is 2.16. The topological polar surface area (TPSA) is 161 Å². The van der Waals surface area contributed by atoms with Crippen molar-refractivity contribution in [1.29, 1.82) is 0 Å². The molecule has 0 aliphatic carbocycles. The number of phosphoric ester groups is 2. The molecule has 2 unspecified atom stereocenters. The molecule has 0 aliphatic heterocycles. The molecule has 0 fully saturated rings. The van der Waals surface area contributed by atoms with Crippen molar-refractivity contribution in [1.82, 2.24) is 0 Å². The van der Waals surface area contributed by atoms with Crippen LogP contribution in [0, 0.1) is 0 Å². The molecule has 0 aliphatic rings. The lowest BCUT2D eigenvalue weighted by Crippen LogP contribution is -2.17. The normalized spacial score (nSPS) is 16.8. The van der Waals surface area contributed by atoms with Crippen LogP contribution in [0.25, 0.3) is 0 Å². The van der Waals surface area contributed by atoms with E-state index in [0.717, 1.165) is 13.8 Å². The lowest BCUT2D eigenvalue weighted by molar-refractivity contribution is -0.563. The first-order chi connectivity index (χ1) is 7.49. The van der Waals surface area contributed by atoms with Crippen LogP contribution < -0.4 is 0 Å². The lowest BCUT2D eigenvalue weighted by atomic mass is 10.8. The molecule has 0 aromatic heterocycles. The molecule has 0 spiro atoms. The zero-order chi connectivity index (χ0) is 13.7. The molecule has 4 N–H and O–H groups in total. The van der Waals surface area contributed by atoms with E-state index >= 15 is 0 Å². The average molecular weight is 298 g/mol. The van der Waals surface area contributed by atoms with Crippen LogP contribution in [0.4, 0.5) is 0 Å². The van der Waals surface area contributed by atoms with E-state index < -0.39 is 28.2 Å². The van der Waals surface area contributed by atoms with Gasteiger partial charge in [-0.25, -0.2) is 9.13 Å². The predicted molar refractivity (Wildman–Crippen MR) is 48.4 cm³/mol. The summed E-state index contributed by atoms with van der Waals surface area (Å²) in [6, 6.07) is 0. The van der Waals surface area contributed by atoms with E-state index in [-0.39, 0.29) is 0 Å². The Labute approximate surface area is 95.5 Å². The van der Waals surface area contributed by atoms with Crippen LogP contribution in [0.15, 0.2) is 0 Å². The van der Waals surface area contributed by atoms with Gasteiger partial charge in [0.05, 0.1) is 0 Å². The molecule has 0 saturated carbocycles. The Morgan fingerprint density at radius 2 is 1.12 bits per heavy atom. The molecule has 0 rings (SSSR count). The standard InChI is InChI=1S/C4H12O11P2/c1-3(13-16(5,6)7)11-15-12-4(2)14-17(8,9)10/h3-4H,1-2H3,(H2,5,6,7)(H2,8,9,10). The highest BCUT2D eigenvalue weighted by Crippen LogP contribution is 2.38. The Bertz CT molecular complexity index is 275. The van der Waals surface area contributed by atoms with Crippen LogP contribution in [0.2, 0.25) is 0 Å². The smallest absolute Gasteiger partial charge is 0.303 e. The second-order valence-electron chi connectivity index (χ2n) is 2.59. The molecule has 0 bridgehead atoms. The molecule has 13 heteroatoms. The van der Waals surface area contributed by atoms with Gasteiger partial charge in [-0.05, 0) is 13.8 Å². The van der Waals surface area contributed by atoms with Crippen LogP contribution in [-0.4, -0.2) is 32.2 Å². The maximum absolute atomic E-state index is 10.3. The third-order valence-electron chi connectivity index (χ3n) is 0.921. The first kappa shape index (κ1) is 17.1. The van der Waals surface area contributed by atoms with Crippen LogP contribution in [0.5, 0.6) is 0 Å². The van der Waals surface area contributed by atoms with Crippen molar-refractivity contribution >= 4 is 15.6 Å². The molecule has 0 amide bonds. The zero-order valence-corrected chi connectivity index (χ0v) is 10.5. The fraction of sp³-hybridized carbons (Fsp3) is 1.00. The van der Waals surface area contributed by atoms with Gasteiger partial charge < -0.3 is 19.6 Å². The van der Waals surface area contributed by atoms with E-state index in [1.807, 2.05) is 0 Å². The van der Waals surface area contributed by atoms with Crippen molar-refractivity contribution in [3.8, 4) is 0 Å². The number of hydrogen-bond acceptors (Lipinski definition) is 7. The van der Waals surface area contributed by atoms with Gasteiger partial charge in [-0.3, -0.25) is 9.05 Å². The molecule has 0 radical (unpaired) electrons. The quantitative estimate of drug-likeness (QED) is 0.203. The summed E-state index contributed by atoms with van der Waals surface area (Å²) >= 11 is 0. The molecular weight excluding hydrogens is 286 g/mol. The SMILES string of the molecule is CC(OOOC(C)OP(=O)(O)O)OP(=O)(O)O. The van der Waals surface area contributed by atoms with Gasteiger partial charge in [0, 0.05) is 0 Å². The largest absolute Gasteiger partial charge is 0.472 e. The van der Waals surface area contributed by atoms with E-state index in [0.29, 0.717) is 0 Å². The highest BCUT2D eigenvalue weighted by Gasteiger charge is 2.22. The Hall–Kier alpha value is 0.100. The van der Waals surface area contributed by atoms with Crippen molar-refractivity contribution in [3.05, 3.63) is 0 Å². The molecule has 11 nitrogen and oxygen atoms in total. The predicted octanol–water partition coefficient (Wildman–Crippen LogP) is -0.223. The van der Waals surface area contributed by atoms with E-state index in [9.17, 15) is 9.13 Å². The monoisotopic (exact) mass is 298 g/mol. The van der Waals surface area contributed by atoms with Gasteiger partial charge >= 0.3 is 15.6 Å². The number of hydrogen-bond donors (Lipinski definition) is 4. The third kappa shape index (κ3) is 12.3. The lowest BCUT2D eigenvalue weighted by Gasteiger charge is -2.15. The minimum Gasteiger partial charge on any atom is -0.303 e. The molecule has 0 saturated heterocycles. The fourth-order valence-electron chi connectivity index (χ4n) is 0.555. The molecule has 0 heterocycles. The van der Waals surface area contributed by atoms with E-state index in [1.54, 1.807) is 0 Å². The highest BCUT2D eigenvalue weighted by molar-refractivity contribution is 7.46. The Kier molecular flexibility index (Phi) is 6.92. The van der Waals surface area contributed by atoms with Crippen LogP contribution in [0.1, 0.15) is 13.8 Å².